The van der Waals surface area contributed by atoms with E-state index in [2.05, 4.69) is 6.58 Å². The normalized spacial score (nSPS) is 12.5. The Balaban J connectivity index is 2.02. The van der Waals surface area contributed by atoms with Crippen molar-refractivity contribution in [2.75, 3.05) is 7.11 Å². The molecule has 108 valence electrons. The van der Waals surface area contributed by atoms with Gasteiger partial charge in [-0.2, -0.15) is 0 Å². The fourth-order valence-corrected chi connectivity index (χ4v) is 2.93. The maximum Gasteiger partial charge on any atom is 0.177 e. The predicted molar refractivity (Wildman–Crippen MR) is 85.1 cm³/mol. The molecule has 0 aliphatic carbocycles. The van der Waals surface area contributed by atoms with Crippen LogP contribution in [-0.2, 0) is 0 Å². The van der Waals surface area contributed by atoms with Gasteiger partial charge in [-0.3, -0.25) is 0 Å². The third kappa shape index (κ3) is 1.72. The fourth-order valence-electron chi connectivity index (χ4n) is 2.93. The van der Waals surface area contributed by atoms with Crippen LogP contribution in [0.2, 0.25) is 0 Å². The molecule has 0 spiro atoms. The summed E-state index contributed by atoms with van der Waals surface area (Å²) >= 11 is 0. The standard InChI is InChI=1S/C19H13FO2/c1-11-14-4-3-5-17(21-2)19(14)22-16-9-7-12-6-8-13(20)10-15(12)18(11)16/h3-10H,1H2,2H3. The van der Waals surface area contributed by atoms with Crippen LogP contribution >= 0.6 is 0 Å². The average molecular weight is 292 g/mol. The Labute approximate surface area is 127 Å². The summed E-state index contributed by atoms with van der Waals surface area (Å²) in [4.78, 5) is 0. The van der Waals surface area contributed by atoms with Crippen molar-refractivity contribution in [3.05, 3.63) is 72.1 Å². The molecule has 0 saturated heterocycles. The van der Waals surface area contributed by atoms with E-state index in [0.717, 1.165) is 27.5 Å². The lowest BCUT2D eigenvalue weighted by molar-refractivity contribution is 0.376. The van der Waals surface area contributed by atoms with Gasteiger partial charge in [-0.05, 0) is 40.6 Å². The van der Waals surface area contributed by atoms with Crippen molar-refractivity contribution in [1.82, 2.24) is 0 Å². The minimum atomic E-state index is -0.273. The number of fused-ring (bicyclic) bond motifs is 4. The van der Waals surface area contributed by atoms with Gasteiger partial charge in [0.1, 0.15) is 11.6 Å². The summed E-state index contributed by atoms with van der Waals surface area (Å²) in [6.07, 6.45) is 0. The Morgan fingerprint density at radius 1 is 1.09 bits per heavy atom. The summed E-state index contributed by atoms with van der Waals surface area (Å²) in [5.74, 6) is 1.70. The number of para-hydroxylation sites is 1. The number of ether oxygens (including phenoxy) is 2. The molecule has 4 rings (SSSR count). The minimum Gasteiger partial charge on any atom is -0.493 e. The highest BCUT2D eigenvalue weighted by Crippen LogP contribution is 2.49. The molecule has 0 atom stereocenters. The molecule has 1 aliphatic heterocycles. The van der Waals surface area contributed by atoms with E-state index in [1.807, 2.05) is 30.3 Å². The summed E-state index contributed by atoms with van der Waals surface area (Å²) in [5.41, 5.74) is 2.51. The summed E-state index contributed by atoms with van der Waals surface area (Å²) in [6, 6.07) is 14.2. The second kappa shape index (κ2) is 4.60. The first kappa shape index (κ1) is 12.9. The monoisotopic (exact) mass is 292 g/mol. The van der Waals surface area contributed by atoms with E-state index in [-0.39, 0.29) is 5.82 Å². The number of benzene rings is 3. The number of methoxy groups -OCH3 is 1. The molecule has 3 aromatic carbocycles. The number of hydrogen-bond donors (Lipinski definition) is 0. The molecule has 0 unspecified atom stereocenters. The Bertz CT molecular complexity index is 928. The molecule has 0 radical (unpaired) electrons. The summed E-state index contributed by atoms with van der Waals surface area (Å²) in [6.45, 7) is 4.19. The van der Waals surface area contributed by atoms with E-state index < -0.39 is 0 Å². The molecule has 1 aliphatic rings. The highest BCUT2D eigenvalue weighted by Gasteiger charge is 2.25. The van der Waals surface area contributed by atoms with Gasteiger partial charge in [0.2, 0.25) is 0 Å². The maximum absolute atomic E-state index is 13.7. The van der Waals surface area contributed by atoms with Gasteiger partial charge in [0.05, 0.1) is 7.11 Å². The minimum absolute atomic E-state index is 0.273. The van der Waals surface area contributed by atoms with Crippen molar-refractivity contribution in [3.63, 3.8) is 0 Å². The Hall–Kier alpha value is -2.81. The van der Waals surface area contributed by atoms with Crippen molar-refractivity contribution in [1.29, 1.82) is 0 Å². The molecule has 0 fully saturated rings. The lowest BCUT2D eigenvalue weighted by atomic mass is 9.91. The van der Waals surface area contributed by atoms with Gasteiger partial charge in [-0.1, -0.05) is 30.8 Å². The average Bonchev–Trinajstić information content (AvgIpc) is 2.54. The van der Waals surface area contributed by atoms with Crippen LogP contribution in [0.1, 0.15) is 11.1 Å². The van der Waals surface area contributed by atoms with Crippen LogP contribution in [0.4, 0.5) is 4.39 Å². The smallest absolute Gasteiger partial charge is 0.177 e. The van der Waals surface area contributed by atoms with Crippen molar-refractivity contribution in [3.8, 4) is 17.2 Å². The van der Waals surface area contributed by atoms with Crippen molar-refractivity contribution >= 4 is 16.3 Å². The number of rotatable bonds is 1. The van der Waals surface area contributed by atoms with Crippen LogP contribution in [0.15, 0.2) is 55.1 Å². The molecular weight excluding hydrogens is 279 g/mol. The molecule has 3 aromatic rings. The van der Waals surface area contributed by atoms with Gasteiger partial charge in [0.15, 0.2) is 11.5 Å². The largest absolute Gasteiger partial charge is 0.493 e. The zero-order valence-electron chi connectivity index (χ0n) is 12.0. The van der Waals surface area contributed by atoms with Gasteiger partial charge in [-0.25, -0.2) is 4.39 Å². The zero-order chi connectivity index (χ0) is 15.3. The summed E-state index contributed by atoms with van der Waals surface area (Å²) in [7, 11) is 1.60. The molecule has 3 heteroatoms. The van der Waals surface area contributed by atoms with E-state index in [1.54, 1.807) is 13.2 Å². The molecule has 0 N–H and O–H groups in total. The van der Waals surface area contributed by atoms with Gasteiger partial charge < -0.3 is 9.47 Å². The highest BCUT2D eigenvalue weighted by atomic mass is 19.1. The van der Waals surface area contributed by atoms with E-state index in [4.69, 9.17) is 9.47 Å². The van der Waals surface area contributed by atoms with Gasteiger partial charge in [-0.15, -0.1) is 0 Å². The fraction of sp³-hybridized carbons (Fsp3) is 0.0526. The molecule has 0 amide bonds. The molecule has 2 nitrogen and oxygen atoms in total. The van der Waals surface area contributed by atoms with Gasteiger partial charge in [0.25, 0.3) is 0 Å². The predicted octanol–water partition coefficient (Wildman–Crippen LogP) is 5.15. The highest BCUT2D eigenvalue weighted by molar-refractivity contribution is 6.02. The van der Waals surface area contributed by atoms with Crippen LogP contribution < -0.4 is 9.47 Å². The lowest BCUT2D eigenvalue weighted by Gasteiger charge is -2.25. The second-order valence-corrected chi connectivity index (χ2v) is 5.22. The van der Waals surface area contributed by atoms with E-state index >= 15 is 0 Å². The number of halogens is 1. The van der Waals surface area contributed by atoms with E-state index in [1.165, 1.54) is 12.1 Å². The van der Waals surface area contributed by atoms with Crippen LogP contribution in [0.25, 0.3) is 16.3 Å². The molecule has 1 heterocycles. The Kier molecular flexibility index (Phi) is 2.70. The molecule has 22 heavy (non-hydrogen) atoms. The summed E-state index contributed by atoms with van der Waals surface area (Å²) in [5, 5.41) is 1.76. The van der Waals surface area contributed by atoms with E-state index in [9.17, 15) is 4.39 Å². The Morgan fingerprint density at radius 2 is 1.91 bits per heavy atom. The van der Waals surface area contributed by atoms with Crippen molar-refractivity contribution in [2.45, 2.75) is 0 Å². The first-order valence-electron chi connectivity index (χ1n) is 6.96. The molecular formula is C19H13FO2. The third-order valence-corrected chi connectivity index (χ3v) is 3.98. The van der Waals surface area contributed by atoms with Crippen LogP contribution in [0, 0.1) is 5.82 Å². The van der Waals surface area contributed by atoms with Crippen LogP contribution in [-0.4, -0.2) is 7.11 Å². The Morgan fingerprint density at radius 3 is 2.73 bits per heavy atom. The quantitative estimate of drug-likeness (QED) is 0.483. The molecule has 0 aromatic heterocycles. The second-order valence-electron chi connectivity index (χ2n) is 5.22. The van der Waals surface area contributed by atoms with Gasteiger partial charge in [0, 0.05) is 11.1 Å². The maximum atomic E-state index is 13.7. The summed E-state index contributed by atoms with van der Waals surface area (Å²) < 4.78 is 25.0. The SMILES string of the molecule is C=C1c2cccc(OC)c2Oc2ccc3ccc(F)cc3c21. The molecule has 0 bridgehead atoms. The van der Waals surface area contributed by atoms with E-state index in [0.29, 0.717) is 17.2 Å². The topological polar surface area (TPSA) is 18.5 Å². The zero-order valence-corrected chi connectivity index (χ0v) is 12.0. The molecule has 0 saturated carbocycles. The van der Waals surface area contributed by atoms with Crippen LogP contribution in [0.5, 0.6) is 17.2 Å². The van der Waals surface area contributed by atoms with Crippen LogP contribution in [0.3, 0.4) is 0 Å². The number of hydrogen-bond acceptors (Lipinski definition) is 2. The van der Waals surface area contributed by atoms with Gasteiger partial charge >= 0.3 is 0 Å². The van der Waals surface area contributed by atoms with Crippen molar-refractivity contribution < 1.29 is 13.9 Å². The first-order valence-corrected chi connectivity index (χ1v) is 6.96. The lowest BCUT2D eigenvalue weighted by Crippen LogP contribution is -2.04. The van der Waals surface area contributed by atoms with Crippen molar-refractivity contribution in [2.24, 2.45) is 0 Å². The third-order valence-electron chi connectivity index (χ3n) is 3.98. The first-order chi connectivity index (χ1) is 10.7.